The maximum atomic E-state index is 13.1. The standard InChI is InChI=1S/C13H19ClFNO/c1-3-13(2,4-5-17)16-9-10-6-11(14)8-12(15)7-10/h6-8,16-17H,3-5,9H2,1-2H3. The van der Waals surface area contributed by atoms with Crippen LogP contribution in [0.25, 0.3) is 0 Å². The van der Waals surface area contributed by atoms with Gasteiger partial charge in [0.2, 0.25) is 0 Å². The van der Waals surface area contributed by atoms with Crippen molar-refractivity contribution in [1.29, 1.82) is 0 Å². The molecule has 4 heteroatoms. The normalized spacial score (nSPS) is 14.6. The topological polar surface area (TPSA) is 32.3 Å². The lowest BCUT2D eigenvalue weighted by Crippen LogP contribution is -2.42. The summed E-state index contributed by atoms with van der Waals surface area (Å²) in [6.45, 7) is 4.79. The predicted molar refractivity (Wildman–Crippen MR) is 68.6 cm³/mol. The largest absolute Gasteiger partial charge is 0.396 e. The molecule has 2 N–H and O–H groups in total. The van der Waals surface area contributed by atoms with Crippen LogP contribution in [-0.4, -0.2) is 17.3 Å². The van der Waals surface area contributed by atoms with Crippen molar-refractivity contribution in [3.8, 4) is 0 Å². The number of halogens is 2. The van der Waals surface area contributed by atoms with E-state index in [1.807, 2.05) is 6.92 Å². The zero-order chi connectivity index (χ0) is 12.9. The van der Waals surface area contributed by atoms with E-state index in [0.717, 1.165) is 12.0 Å². The van der Waals surface area contributed by atoms with Crippen LogP contribution in [0, 0.1) is 5.82 Å². The number of rotatable bonds is 6. The molecule has 0 aliphatic rings. The third-order valence-corrected chi connectivity index (χ3v) is 3.30. The SMILES string of the molecule is CCC(C)(CCO)NCc1cc(F)cc(Cl)c1. The molecule has 0 heterocycles. The van der Waals surface area contributed by atoms with Crippen LogP contribution in [0.1, 0.15) is 32.3 Å². The first kappa shape index (κ1) is 14.4. The molecule has 0 aliphatic heterocycles. The van der Waals surface area contributed by atoms with Gasteiger partial charge in [-0.1, -0.05) is 18.5 Å². The third-order valence-electron chi connectivity index (χ3n) is 3.09. The van der Waals surface area contributed by atoms with Gasteiger partial charge >= 0.3 is 0 Å². The van der Waals surface area contributed by atoms with Gasteiger partial charge in [0.1, 0.15) is 5.82 Å². The van der Waals surface area contributed by atoms with Crippen molar-refractivity contribution in [3.63, 3.8) is 0 Å². The van der Waals surface area contributed by atoms with Crippen molar-refractivity contribution in [1.82, 2.24) is 5.32 Å². The first-order valence-corrected chi connectivity index (χ1v) is 6.18. The molecule has 0 saturated carbocycles. The molecule has 1 atom stereocenters. The molecule has 17 heavy (non-hydrogen) atoms. The van der Waals surface area contributed by atoms with Gasteiger partial charge in [0.15, 0.2) is 0 Å². The van der Waals surface area contributed by atoms with Gasteiger partial charge in [0, 0.05) is 23.7 Å². The van der Waals surface area contributed by atoms with Crippen LogP contribution in [0.15, 0.2) is 18.2 Å². The second kappa shape index (κ2) is 6.34. The van der Waals surface area contributed by atoms with Gasteiger partial charge in [-0.15, -0.1) is 0 Å². The average molecular weight is 260 g/mol. The Morgan fingerprint density at radius 3 is 2.65 bits per heavy atom. The number of nitrogens with one attached hydrogen (secondary N) is 1. The molecule has 2 nitrogen and oxygen atoms in total. The number of hydrogen-bond acceptors (Lipinski definition) is 2. The van der Waals surface area contributed by atoms with Gasteiger partial charge in [0.25, 0.3) is 0 Å². The molecule has 0 aromatic heterocycles. The fourth-order valence-corrected chi connectivity index (χ4v) is 1.91. The molecule has 1 unspecified atom stereocenters. The molecule has 1 aromatic rings. The summed E-state index contributed by atoms with van der Waals surface area (Å²) in [5, 5.41) is 12.7. The average Bonchev–Trinajstić information content (AvgIpc) is 2.26. The van der Waals surface area contributed by atoms with Crippen molar-refractivity contribution >= 4 is 11.6 Å². The summed E-state index contributed by atoms with van der Waals surface area (Å²) in [6, 6.07) is 4.50. The predicted octanol–water partition coefficient (Wildman–Crippen LogP) is 3.12. The fraction of sp³-hybridized carbons (Fsp3) is 0.538. The van der Waals surface area contributed by atoms with Crippen LogP contribution in [0.3, 0.4) is 0 Å². The van der Waals surface area contributed by atoms with E-state index < -0.39 is 0 Å². The molecule has 1 rings (SSSR count). The minimum atomic E-state index is -0.324. The van der Waals surface area contributed by atoms with Gasteiger partial charge in [0.05, 0.1) is 0 Å². The van der Waals surface area contributed by atoms with Gasteiger partial charge in [-0.05, 0) is 43.5 Å². The summed E-state index contributed by atoms with van der Waals surface area (Å²) in [4.78, 5) is 0. The van der Waals surface area contributed by atoms with Gasteiger partial charge in [-0.3, -0.25) is 0 Å². The van der Waals surface area contributed by atoms with E-state index in [9.17, 15) is 4.39 Å². The molecule has 0 amide bonds. The highest BCUT2D eigenvalue weighted by Crippen LogP contribution is 2.17. The molecule has 0 aliphatic carbocycles. The molecule has 0 fully saturated rings. The van der Waals surface area contributed by atoms with Crippen molar-refractivity contribution in [3.05, 3.63) is 34.6 Å². The molecule has 0 bridgehead atoms. The molecule has 0 spiro atoms. The quantitative estimate of drug-likeness (QED) is 0.823. The highest BCUT2D eigenvalue weighted by Gasteiger charge is 2.20. The van der Waals surface area contributed by atoms with E-state index in [1.165, 1.54) is 12.1 Å². The van der Waals surface area contributed by atoms with Crippen molar-refractivity contribution in [2.45, 2.75) is 38.8 Å². The Bertz CT molecular complexity index is 352. The van der Waals surface area contributed by atoms with E-state index >= 15 is 0 Å². The minimum absolute atomic E-state index is 0.131. The van der Waals surface area contributed by atoms with Crippen LogP contribution in [0.2, 0.25) is 5.02 Å². The van der Waals surface area contributed by atoms with Crippen LogP contribution in [0.5, 0.6) is 0 Å². The molecular formula is C13H19ClFNO. The Morgan fingerprint density at radius 1 is 1.41 bits per heavy atom. The Labute approximate surface area is 107 Å². The Kier molecular flexibility index (Phi) is 5.37. The Hall–Kier alpha value is -0.640. The maximum Gasteiger partial charge on any atom is 0.125 e. The monoisotopic (exact) mass is 259 g/mol. The van der Waals surface area contributed by atoms with Crippen LogP contribution in [0.4, 0.5) is 4.39 Å². The summed E-state index contributed by atoms with van der Waals surface area (Å²) < 4.78 is 13.1. The van der Waals surface area contributed by atoms with Gasteiger partial charge < -0.3 is 10.4 Å². The lowest BCUT2D eigenvalue weighted by Gasteiger charge is -2.29. The first-order chi connectivity index (χ1) is 7.99. The third kappa shape index (κ3) is 4.62. The summed E-state index contributed by atoms with van der Waals surface area (Å²) in [5.41, 5.74) is 0.681. The number of hydrogen-bond donors (Lipinski definition) is 2. The molecule has 0 radical (unpaired) electrons. The highest BCUT2D eigenvalue weighted by molar-refractivity contribution is 6.30. The zero-order valence-corrected chi connectivity index (χ0v) is 11.0. The zero-order valence-electron chi connectivity index (χ0n) is 10.3. The number of benzene rings is 1. The van der Waals surface area contributed by atoms with Crippen LogP contribution >= 0.6 is 11.6 Å². The number of aliphatic hydroxyl groups excluding tert-OH is 1. The van der Waals surface area contributed by atoms with Gasteiger partial charge in [-0.2, -0.15) is 0 Å². The molecular weight excluding hydrogens is 241 g/mol. The second-order valence-corrected chi connectivity index (χ2v) is 4.96. The summed E-state index contributed by atoms with van der Waals surface area (Å²) in [5.74, 6) is -0.324. The van der Waals surface area contributed by atoms with Crippen molar-refractivity contribution in [2.75, 3.05) is 6.61 Å². The highest BCUT2D eigenvalue weighted by atomic mass is 35.5. The van der Waals surface area contributed by atoms with Crippen LogP contribution < -0.4 is 5.32 Å². The lowest BCUT2D eigenvalue weighted by atomic mass is 9.94. The molecule has 1 aromatic carbocycles. The number of aliphatic hydroxyl groups is 1. The van der Waals surface area contributed by atoms with Crippen molar-refractivity contribution < 1.29 is 9.50 Å². The Morgan fingerprint density at radius 2 is 2.12 bits per heavy atom. The smallest absolute Gasteiger partial charge is 0.125 e. The van der Waals surface area contributed by atoms with E-state index in [4.69, 9.17) is 16.7 Å². The van der Waals surface area contributed by atoms with Crippen molar-refractivity contribution in [2.24, 2.45) is 0 Å². The van der Waals surface area contributed by atoms with E-state index in [1.54, 1.807) is 6.07 Å². The van der Waals surface area contributed by atoms with E-state index in [0.29, 0.717) is 18.0 Å². The summed E-state index contributed by atoms with van der Waals surface area (Å²) >= 11 is 5.79. The van der Waals surface area contributed by atoms with Crippen LogP contribution in [-0.2, 0) is 6.54 Å². The Balaban J connectivity index is 2.65. The summed E-state index contributed by atoms with van der Waals surface area (Å²) in [6.07, 6.45) is 1.57. The maximum absolute atomic E-state index is 13.1. The van der Waals surface area contributed by atoms with E-state index in [2.05, 4.69) is 12.2 Å². The first-order valence-electron chi connectivity index (χ1n) is 5.80. The molecule has 0 saturated heterocycles. The minimum Gasteiger partial charge on any atom is -0.396 e. The van der Waals surface area contributed by atoms with E-state index in [-0.39, 0.29) is 18.0 Å². The molecule has 96 valence electrons. The second-order valence-electron chi connectivity index (χ2n) is 4.52. The van der Waals surface area contributed by atoms with Gasteiger partial charge in [-0.25, -0.2) is 4.39 Å². The fourth-order valence-electron chi connectivity index (χ4n) is 1.67. The lowest BCUT2D eigenvalue weighted by molar-refractivity contribution is 0.214. The summed E-state index contributed by atoms with van der Waals surface area (Å²) in [7, 11) is 0.